The summed E-state index contributed by atoms with van der Waals surface area (Å²) in [7, 11) is 0. The number of carbonyl (C=O) groups is 1. The third-order valence-electron chi connectivity index (χ3n) is 2.49. The number of nitro groups is 1. The topological polar surface area (TPSA) is 69.4 Å². The Morgan fingerprint density at radius 2 is 1.86 bits per heavy atom. The maximum atomic E-state index is 11.1. The lowest BCUT2D eigenvalue weighted by molar-refractivity contribution is -0.384. The van der Waals surface area contributed by atoms with Crippen molar-refractivity contribution < 1.29 is 14.5 Å². The summed E-state index contributed by atoms with van der Waals surface area (Å²) in [5.41, 5.74) is 1.90. The van der Waals surface area contributed by atoms with E-state index < -0.39 is 4.92 Å². The summed E-state index contributed by atoms with van der Waals surface area (Å²) >= 11 is 0. The van der Waals surface area contributed by atoms with Crippen LogP contribution in [0.2, 0.25) is 0 Å². The van der Waals surface area contributed by atoms with Gasteiger partial charge in [-0.1, -0.05) is 29.9 Å². The van der Waals surface area contributed by atoms with Gasteiger partial charge in [0.15, 0.2) is 0 Å². The monoisotopic (exact) mass is 287 g/mol. The van der Waals surface area contributed by atoms with Gasteiger partial charge in [0.25, 0.3) is 5.69 Å². The van der Waals surface area contributed by atoms with Gasteiger partial charge in [0.05, 0.1) is 11.5 Å². The van der Waals surface area contributed by atoms with Gasteiger partial charge in [-0.2, -0.15) is 0 Å². The van der Waals surface area contributed by atoms with E-state index in [1.807, 2.05) is 19.1 Å². The molecule has 0 fully saturated rings. The zero-order chi connectivity index (χ0) is 15.7. The Kier molecular flexibility index (Phi) is 6.60. The number of benzene rings is 1. The third kappa shape index (κ3) is 6.33. The standard InChI is InChI=1S/C16H17NO4/c1-3-21-16(18)7-5-4-6-13(2)12-14-8-10-15(11-9-14)17(19)20/h4-12H,3H2,1-2H3. The molecule has 0 atom stereocenters. The van der Waals surface area contributed by atoms with Gasteiger partial charge in [0, 0.05) is 18.2 Å². The first-order chi connectivity index (χ1) is 10.0. The number of rotatable bonds is 6. The highest BCUT2D eigenvalue weighted by atomic mass is 16.6. The molecule has 21 heavy (non-hydrogen) atoms. The molecule has 0 bridgehead atoms. The Hall–Kier alpha value is -2.69. The molecule has 0 amide bonds. The molecule has 0 N–H and O–H groups in total. The molecule has 0 unspecified atom stereocenters. The van der Waals surface area contributed by atoms with Crippen molar-refractivity contribution in [1.82, 2.24) is 0 Å². The van der Waals surface area contributed by atoms with Crippen molar-refractivity contribution in [3.05, 3.63) is 69.8 Å². The summed E-state index contributed by atoms with van der Waals surface area (Å²) in [5, 5.41) is 10.5. The lowest BCUT2D eigenvalue weighted by atomic mass is 10.1. The van der Waals surface area contributed by atoms with Crippen LogP contribution in [0.15, 0.2) is 54.1 Å². The number of allylic oxidation sites excluding steroid dienone is 4. The fourth-order valence-corrected chi connectivity index (χ4v) is 1.54. The molecular formula is C16H17NO4. The number of nitrogens with zero attached hydrogens (tertiary/aromatic N) is 1. The second-order valence-electron chi connectivity index (χ2n) is 4.21. The molecule has 1 rings (SSSR count). The van der Waals surface area contributed by atoms with Crippen LogP contribution in [0.3, 0.4) is 0 Å². The van der Waals surface area contributed by atoms with E-state index >= 15 is 0 Å². The minimum absolute atomic E-state index is 0.0673. The average molecular weight is 287 g/mol. The van der Waals surface area contributed by atoms with E-state index in [2.05, 4.69) is 0 Å². The lowest BCUT2D eigenvalue weighted by Gasteiger charge is -1.96. The first-order valence-corrected chi connectivity index (χ1v) is 6.47. The molecule has 5 heteroatoms. The highest BCUT2D eigenvalue weighted by Crippen LogP contribution is 2.14. The quantitative estimate of drug-likeness (QED) is 0.263. The van der Waals surface area contributed by atoms with Gasteiger partial charge in [-0.05, 0) is 31.5 Å². The fraction of sp³-hybridized carbons (Fsp3) is 0.188. The molecule has 0 saturated heterocycles. The molecular weight excluding hydrogens is 270 g/mol. The van der Waals surface area contributed by atoms with Crippen LogP contribution in [0.1, 0.15) is 19.4 Å². The van der Waals surface area contributed by atoms with Crippen LogP contribution in [0, 0.1) is 10.1 Å². The second-order valence-corrected chi connectivity index (χ2v) is 4.21. The number of esters is 1. The maximum Gasteiger partial charge on any atom is 0.330 e. The Labute approximate surface area is 123 Å². The van der Waals surface area contributed by atoms with Crippen LogP contribution in [0.25, 0.3) is 6.08 Å². The van der Waals surface area contributed by atoms with E-state index in [1.165, 1.54) is 18.2 Å². The minimum atomic E-state index is -0.430. The smallest absolute Gasteiger partial charge is 0.330 e. The summed E-state index contributed by atoms with van der Waals surface area (Å²) in [5.74, 6) is -0.376. The summed E-state index contributed by atoms with van der Waals surface area (Å²) in [6, 6.07) is 6.29. The van der Waals surface area contributed by atoms with Crippen molar-refractivity contribution >= 4 is 17.7 Å². The van der Waals surface area contributed by atoms with Crippen molar-refractivity contribution in [2.75, 3.05) is 6.61 Å². The van der Waals surface area contributed by atoms with E-state index in [9.17, 15) is 14.9 Å². The Bertz CT molecular complexity index is 583. The number of nitro benzene ring substituents is 1. The maximum absolute atomic E-state index is 11.1. The molecule has 1 aromatic carbocycles. The summed E-state index contributed by atoms with van der Waals surface area (Å²) < 4.78 is 4.75. The largest absolute Gasteiger partial charge is 0.463 e. The number of hydrogen-bond acceptors (Lipinski definition) is 4. The number of ether oxygens (including phenoxy) is 1. The van der Waals surface area contributed by atoms with Gasteiger partial charge in [-0.15, -0.1) is 0 Å². The predicted molar refractivity (Wildman–Crippen MR) is 81.7 cm³/mol. The van der Waals surface area contributed by atoms with Crippen molar-refractivity contribution in [2.24, 2.45) is 0 Å². The highest BCUT2D eigenvalue weighted by Gasteiger charge is 2.02. The molecule has 0 aliphatic heterocycles. The molecule has 0 aliphatic rings. The predicted octanol–water partition coefficient (Wildman–Crippen LogP) is 3.67. The van der Waals surface area contributed by atoms with Crippen LogP contribution in [0.4, 0.5) is 5.69 Å². The van der Waals surface area contributed by atoms with Gasteiger partial charge in [-0.3, -0.25) is 10.1 Å². The molecule has 0 spiro atoms. The Morgan fingerprint density at radius 1 is 1.24 bits per heavy atom. The zero-order valence-electron chi connectivity index (χ0n) is 12.0. The molecule has 0 aromatic heterocycles. The van der Waals surface area contributed by atoms with E-state index in [0.29, 0.717) is 6.61 Å². The van der Waals surface area contributed by atoms with E-state index in [1.54, 1.807) is 31.2 Å². The van der Waals surface area contributed by atoms with Crippen LogP contribution >= 0.6 is 0 Å². The zero-order valence-corrected chi connectivity index (χ0v) is 12.0. The first-order valence-electron chi connectivity index (χ1n) is 6.47. The van der Waals surface area contributed by atoms with Crippen molar-refractivity contribution in [3.63, 3.8) is 0 Å². The Morgan fingerprint density at radius 3 is 2.43 bits per heavy atom. The van der Waals surface area contributed by atoms with Crippen LogP contribution < -0.4 is 0 Å². The molecule has 0 aliphatic carbocycles. The number of non-ortho nitro benzene ring substituents is 1. The van der Waals surface area contributed by atoms with Crippen molar-refractivity contribution in [2.45, 2.75) is 13.8 Å². The molecule has 1 aromatic rings. The van der Waals surface area contributed by atoms with Crippen LogP contribution in [-0.2, 0) is 9.53 Å². The SMILES string of the molecule is CCOC(=O)C=CC=CC(C)=Cc1ccc([N+](=O)[O-])cc1. The van der Waals surface area contributed by atoms with Gasteiger partial charge in [0.2, 0.25) is 0 Å². The van der Waals surface area contributed by atoms with Crippen molar-refractivity contribution in [1.29, 1.82) is 0 Å². The first kappa shape index (κ1) is 16.4. The van der Waals surface area contributed by atoms with Crippen molar-refractivity contribution in [3.8, 4) is 0 Å². The number of carbonyl (C=O) groups excluding carboxylic acids is 1. The van der Waals surface area contributed by atoms with E-state index in [-0.39, 0.29) is 11.7 Å². The van der Waals surface area contributed by atoms with Gasteiger partial charge in [-0.25, -0.2) is 4.79 Å². The van der Waals surface area contributed by atoms with Gasteiger partial charge in [0.1, 0.15) is 0 Å². The summed E-state index contributed by atoms with van der Waals surface area (Å²) in [6.07, 6.45) is 8.40. The minimum Gasteiger partial charge on any atom is -0.463 e. The van der Waals surface area contributed by atoms with Crippen LogP contribution in [0.5, 0.6) is 0 Å². The molecule has 0 saturated carbocycles. The van der Waals surface area contributed by atoms with E-state index in [4.69, 9.17) is 4.74 Å². The van der Waals surface area contributed by atoms with Gasteiger partial charge < -0.3 is 4.74 Å². The van der Waals surface area contributed by atoms with Crippen LogP contribution in [-0.4, -0.2) is 17.5 Å². The van der Waals surface area contributed by atoms with E-state index in [0.717, 1.165) is 11.1 Å². The fourth-order valence-electron chi connectivity index (χ4n) is 1.54. The molecule has 0 radical (unpaired) electrons. The second kappa shape index (κ2) is 8.47. The Balaban J connectivity index is 2.63. The normalized spacial score (nSPS) is 12.0. The average Bonchev–Trinajstić information content (AvgIpc) is 2.44. The summed E-state index contributed by atoms with van der Waals surface area (Å²) in [6.45, 7) is 4.00. The number of hydrogen-bond donors (Lipinski definition) is 0. The third-order valence-corrected chi connectivity index (χ3v) is 2.49. The molecule has 5 nitrogen and oxygen atoms in total. The highest BCUT2D eigenvalue weighted by molar-refractivity contribution is 5.82. The molecule has 110 valence electrons. The summed E-state index contributed by atoms with van der Waals surface area (Å²) in [4.78, 5) is 21.2. The lowest BCUT2D eigenvalue weighted by Crippen LogP contribution is -1.98. The van der Waals surface area contributed by atoms with Gasteiger partial charge >= 0.3 is 5.97 Å². The molecule has 0 heterocycles.